The van der Waals surface area contributed by atoms with Crippen molar-refractivity contribution in [3.05, 3.63) is 23.9 Å². The van der Waals surface area contributed by atoms with Gasteiger partial charge in [0.25, 0.3) is 0 Å². The summed E-state index contributed by atoms with van der Waals surface area (Å²) in [6.07, 6.45) is 6.58. The Morgan fingerprint density at radius 2 is 1.76 bits per heavy atom. The van der Waals surface area contributed by atoms with Crippen LogP contribution in [0.1, 0.15) is 38.2 Å². The molecule has 0 radical (unpaired) electrons. The van der Waals surface area contributed by atoms with Gasteiger partial charge in [0.15, 0.2) is 0 Å². The molecular weight excluding hydrogens is 314 g/mol. The molecule has 3 heterocycles. The third-order valence-electron chi connectivity index (χ3n) is 5.34. The van der Waals surface area contributed by atoms with E-state index >= 15 is 0 Å². The number of nitriles is 1. The van der Waals surface area contributed by atoms with Gasteiger partial charge < -0.3 is 9.80 Å². The summed E-state index contributed by atoms with van der Waals surface area (Å²) < 4.78 is 0. The van der Waals surface area contributed by atoms with E-state index in [9.17, 15) is 4.79 Å². The molecular formula is C19H27N5O. The van der Waals surface area contributed by atoms with E-state index in [1.54, 1.807) is 12.3 Å². The molecule has 2 saturated heterocycles. The van der Waals surface area contributed by atoms with Gasteiger partial charge in [0.1, 0.15) is 11.9 Å². The Balaban J connectivity index is 1.53. The number of pyridine rings is 1. The lowest BCUT2D eigenvalue weighted by Crippen LogP contribution is -2.54. The van der Waals surface area contributed by atoms with Gasteiger partial charge in [-0.25, -0.2) is 4.98 Å². The second-order valence-corrected chi connectivity index (χ2v) is 6.96. The maximum Gasteiger partial charge on any atom is 0.239 e. The van der Waals surface area contributed by atoms with Crippen LogP contribution in [0, 0.1) is 11.3 Å². The first-order chi connectivity index (χ1) is 12.2. The minimum Gasteiger partial charge on any atom is -0.353 e. The minimum atomic E-state index is -0.0160. The summed E-state index contributed by atoms with van der Waals surface area (Å²) in [6.45, 7) is 7.19. The maximum atomic E-state index is 12.9. The van der Waals surface area contributed by atoms with Crippen LogP contribution in [-0.4, -0.2) is 66.0 Å². The Morgan fingerprint density at radius 3 is 2.32 bits per heavy atom. The number of hydrogen-bond donors (Lipinski definition) is 0. The predicted octanol–water partition coefficient (Wildman–Crippen LogP) is 1.87. The average Bonchev–Trinajstić information content (AvgIpc) is 2.96. The number of carbonyl (C=O) groups excluding carboxylic acids is 1. The van der Waals surface area contributed by atoms with Crippen molar-refractivity contribution >= 4 is 11.7 Å². The third-order valence-corrected chi connectivity index (χ3v) is 5.34. The Morgan fingerprint density at radius 1 is 1.08 bits per heavy atom. The molecule has 0 spiro atoms. The number of piperazine rings is 1. The van der Waals surface area contributed by atoms with Gasteiger partial charge in [-0.15, -0.1) is 0 Å². The Hall–Kier alpha value is -2.13. The SMILES string of the molecule is CC(C(=O)N1CCN(c2ccc(C#N)cn2)CC1)N1CCCCCC1. The van der Waals surface area contributed by atoms with Gasteiger partial charge in [-0.1, -0.05) is 12.8 Å². The zero-order chi connectivity index (χ0) is 17.6. The zero-order valence-electron chi connectivity index (χ0n) is 15.0. The number of carbonyl (C=O) groups is 1. The van der Waals surface area contributed by atoms with Crippen LogP contribution in [0.25, 0.3) is 0 Å². The van der Waals surface area contributed by atoms with Crippen LogP contribution in [0.5, 0.6) is 0 Å². The number of likely N-dealkylation sites (tertiary alicyclic amines) is 1. The quantitative estimate of drug-likeness (QED) is 0.840. The monoisotopic (exact) mass is 341 g/mol. The fraction of sp³-hybridized carbons (Fsp3) is 0.632. The van der Waals surface area contributed by atoms with Gasteiger partial charge in [0, 0.05) is 32.4 Å². The first kappa shape index (κ1) is 17.7. The van der Waals surface area contributed by atoms with Gasteiger partial charge >= 0.3 is 0 Å². The number of amides is 1. The zero-order valence-corrected chi connectivity index (χ0v) is 15.0. The Bertz CT molecular complexity index is 608. The first-order valence-electron chi connectivity index (χ1n) is 9.33. The third kappa shape index (κ3) is 4.29. The van der Waals surface area contributed by atoms with E-state index in [0.717, 1.165) is 45.1 Å². The van der Waals surface area contributed by atoms with Crippen molar-refractivity contribution in [1.82, 2.24) is 14.8 Å². The number of rotatable bonds is 3. The summed E-state index contributed by atoms with van der Waals surface area (Å²) in [6, 6.07) is 5.75. The number of hydrogen-bond acceptors (Lipinski definition) is 5. The van der Waals surface area contributed by atoms with E-state index < -0.39 is 0 Å². The van der Waals surface area contributed by atoms with E-state index in [1.165, 1.54) is 25.7 Å². The van der Waals surface area contributed by atoms with Crippen LogP contribution in [0.3, 0.4) is 0 Å². The minimum absolute atomic E-state index is 0.0160. The molecule has 6 nitrogen and oxygen atoms in total. The highest BCUT2D eigenvalue weighted by molar-refractivity contribution is 5.81. The predicted molar refractivity (Wildman–Crippen MR) is 97.2 cm³/mol. The molecule has 0 aliphatic carbocycles. The van der Waals surface area contributed by atoms with Gasteiger partial charge in [0.05, 0.1) is 11.6 Å². The van der Waals surface area contributed by atoms with E-state index in [-0.39, 0.29) is 11.9 Å². The van der Waals surface area contributed by atoms with Crippen molar-refractivity contribution in [1.29, 1.82) is 5.26 Å². The average molecular weight is 341 g/mol. The number of anilines is 1. The normalized spacial score (nSPS) is 20.6. The molecule has 1 amide bonds. The molecule has 2 aliphatic rings. The second kappa shape index (κ2) is 8.30. The van der Waals surface area contributed by atoms with Crippen molar-refractivity contribution in [2.75, 3.05) is 44.2 Å². The molecule has 25 heavy (non-hydrogen) atoms. The van der Waals surface area contributed by atoms with E-state index in [0.29, 0.717) is 5.56 Å². The van der Waals surface area contributed by atoms with Gasteiger partial charge in [-0.3, -0.25) is 9.69 Å². The van der Waals surface area contributed by atoms with E-state index in [2.05, 4.69) is 27.8 Å². The highest BCUT2D eigenvalue weighted by Crippen LogP contribution is 2.17. The highest BCUT2D eigenvalue weighted by atomic mass is 16.2. The topological polar surface area (TPSA) is 63.5 Å². The smallest absolute Gasteiger partial charge is 0.239 e. The molecule has 1 atom stereocenters. The summed E-state index contributed by atoms with van der Waals surface area (Å²) >= 11 is 0. The Kier molecular flexibility index (Phi) is 5.87. The summed E-state index contributed by atoms with van der Waals surface area (Å²) in [5, 5.41) is 8.86. The molecule has 1 aromatic rings. The lowest BCUT2D eigenvalue weighted by atomic mass is 10.2. The first-order valence-corrected chi connectivity index (χ1v) is 9.33. The van der Waals surface area contributed by atoms with Gasteiger partial charge in [-0.05, 0) is 45.0 Å². The highest BCUT2D eigenvalue weighted by Gasteiger charge is 2.29. The Labute approximate surface area is 150 Å². The number of aromatic nitrogens is 1. The van der Waals surface area contributed by atoms with Crippen molar-refractivity contribution in [2.45, 2.75) is 38.6 Å². The molecule has 6 heteroatoms. The van der Waals surface area contributed by atoms with Crippen LogP contribution in [0.4, 0.5) is 5.82 Å². The summed E-state index contributed by atoms with van der Waals surface area (Å²) in [5.41, 5.74) is 0.573. The van der Waals surface area contributed by atoms with Gasteiger partial charge in [0.2, 0.25) is 5.91 Å². The van der Waals surface area contributed by atoms with Gasteiger partial charge in [-0.2, -0.15) is 5.26 Å². The fourth-order valence-corrected chi connectivity index (χ4v) is 3.70. The lowest BCUT2D eigenvalue weighted by molar-refractivity contribution is -0.136. The maximum absolute atomic E-state index is 12.9. The van der Waals surface area contributed by atoms with Crippen molar-refractivity contribution in [3.8, 4) is 6.07 Å². The van der Waals surface area contributed by atoms with Crippen molar-refractivity contribution in [2.24, 2.45) is 0 Å². The molecule has 1 aromatic heterocycles. The van der Waals surface area contributed by atoms with E-state index in [4.69, 9.17) is 5.26 Å². The van der Waals surface area contributed by atoms with Crippen LogP contribution < -0.4 is 4.90 Å². The van der Waals surface area contributed by atoms with Crippen LogP contribution in [0.15, 0.2) is 18.3 Å². The van der Waals surface area contributed by atoms with Crippen molar-refractivity contribution in [3.63, 3.8) is 0 Å². The molecule has 1 unspecified atom stereocenters. The van der Waals surface area contributed by atoms with Crippen LogP contribution >= 0.6 is 0 Å². The molecule has 2 fully saturated rings. The standard InChI is InChI=1S/C19H27N5O/c1-16(22-8-4-2-3-5-9-22)19(25)24-12-10-23(11-13-24)18-7-6-17(14-20)15-21-18/h6-7,15-16H,2-5,8-13H2,1H3. The summed E-state index contributed by atoms with van der Waals surface area (Å²) in [5.74, 6) is 1.14. The molecule has 0 aromatic carbocycles. The molecule has 134 valence electrons. The summed E-state index contributed by atoms with van der Waals surface area (Å²) in [7, 11) is 0. The summed E-state index contributed by atoms with van der Waals surface area (Å²) in [4.78, 5) is 23.7. The molecule has 0 bridgehead atoms. The van der Waals surface area contributed by atoms with Crippen LogP contribution in [-0.2, 0) is 4.79 Å². The van der Waals surface area contributed by atoms with E-state index in [1.807, 2.05) is 11.0 Å². The molecule has 0 N–H and O–H groups in total. The van der Waals surface area contributed by atoms with Crippen molar-refractivity contribution < 1.29 is 4.79 Å². The van der Waals surface area contributed by atoms with Crippen LogP contribution in [0.2, 0.25) is 0 Å². The number of nitrogens with zero attached hydrogens (tertiary/aromatic N) is 5. The molecule has 3 rings (SSSR count). The lowest BCUT2D eigenvalue weighted by Gasteiger charge is -2.38. The molecule has 0 saturated carbocycles. The second-order valence-electron chi connectivity index (χ2n) is 6.96. The largest absolute Gasteiger partial charge is 0.353 e. The molecule has 2 aliphatic heterocycles. The fourth-order valence-electron chi connectivity index (χ4n) is 3.70.